The molecule has 1 atom stereocenters. The SMILES string of the molecule is CC(C)NC(=O)C(CN)Cc1cncn1C1CC1. The zero-order valence-corrected chi connectivity index (χ0v) is 11.1. The van der Waals surface area contributed by atoms with Crippen LogP contribution in [0.15, 0.2) is 12.5 Å². The summed E-state index contributed by atoms with van der Waals surface area (Å²) >= 11 is 0. The molecule has 0 bridgehead atoms. The van der Waals surface area contributed by atoms with E-state index in [1.54, 1.807) is 0 Å². The average molecular weight is 250 g/mol. The fraction of sp³-hybridized carbons (Fsp3) is 0.692. The molecule has 18 heavy (non-hydrogen) atoms. The van der Waals surface area contributed by atoms with Crippen LogP contribution in [0.1, 0.15) is 38.4 Å². The van der Waals surface area contributed by atoms with Crippen molar-refractivity contribution in [3.63, 3.8) is 0 Å². The largest absolute Gasteiger partial charge is 0.354 e. The van der Waals surface area contributed by atoms with Crippen LogP contribution in [0.3, 0.4) is 0 Å². The number of imidazole rings is 1. The second-order valence-corrected chi connectivity index (χ2v) is 5.32. The number of carbonyl (C=O) groups is 1. The Labute approximate surface area is 108 Å². The first kappa shape index (κ1) is 13.1. The number of hydrogen-bond donors (Lipinski definition) is 2. The van der Waals surface area contributed by atoms with E-state index >= 15 is 0 Å². The Balaban J connectivity index is 2.00. The van der Waals surface area contributed by atoms with Crippen molar-refractivity contribution in [2.75, 3.05) is 6.54 Å². The van der Waals surface area contributed by atoms with Crippen molar-refractivity contribution in [2.24, 2.45) is 11.7 Å². The Bertz CT molecular complexity index is 409. The van der Waals surface area contributed by atoms with E-state index in [0.29, 0.717) is 19.0 Å². The lowest BCUT2D eigenvalue weighted by Gasteiger charge is -2.17. The molecule has 1 aromatic heterocycles. The molecule has 3 N–H and O–H groups in total. The van der Waals surface area contributed by atoms with Gasteiger partial charge in [-0.1, -0.05) is 0 Å². The number of nitrogens with two attached hydrogens (primary N) is 1. The fourth-order valence-corrected chi connectivity index (χ4v) is 2.11. The minimum Gasteiger partial charge on any atom is -0.354 e. The summed E-state index contributed by atoms with van der Waals surface area (Å²) in [6.45, 7) is 4.29. The Morgan fingerprint density at radius 3 is 2.89 bits per heavy atom. The highest BCUT2D eigenvalue weighted by molar-refractivity contribution is 5.79. The molecule has 5 heteroatoms. The molecule has 0 saturated heterocycles. The van der Waals surface area contributed by atoms with Crippen LogP contribution < -0.4 is 11.1 Å². The predicted molar refractivity (Wildman–Crippen MR) is 70.0 cm³/mol. The summed E-state index contributed by atoms with van der Waals surface area (Å²) in [5.74, 6) is -0.127. The van der Waals surface area contributed by atoms with E-state index in [-0.39, 0.29) is 17.9 Å². The Morgan fingerprint density at radius 2 is 2.33 bits per heavy atom. The van der Waals surface area contributed by atoms with Gasteiger partial charge in [0.05, 0.1) is 12.2 Å². The van der Waals surface area contributed by atoms with Gasteiger partial charge in [0.1, 0.15) is 0 Å². The molecule has 5 nitrogen and oxygen atoms in total. The van der Waals surface area contributed by atoms with E-state index < -0.39 is 0 Å². The lowest BCUT2D eigenvalue weighted by atomic mass is 10.0. The van der Waals surface area contributed by atoms with Crippen LogP contribution in [0.5, 0.6) is 0 Å². The second-order valence-electron chi connectivity index (χ2n) is 5.32. The highest BCUT2D eigenvalue weighted by Crippen LogP contribution is 2.36. The zero-order chi connectivity index (χ0) is 13.1. The van der Waals surface area contributed by atoms with E-state index in [0.717, 1.165) is 5.69 Å². The molecule has 0 aromatic carbocycles. The van der Waals surface area contributed by atoms with Gasteiger partial charge >= 0.3 is 0 Å². The molecule has 0 radical (unpaired) electrons. The molecule has 1 aromatic rings. The Kier molecular flexibility index (Phi) is 4.01. The van der Waals surface area contributed by atoms with Gasteiger partial charge in [-0.2, -0.15) is 0 Å². The monoisotopic (exact) mass is 250 g/mol. The van der Waals surface area contributed by atoms with Gasteiger partial charge < -0.3 is 15.6 Å². The number of amides is 1. The van der Waals surface area contributed by atoms with Crippen molar-refractivity contribution in [2.45, 2.75) is 45.2 Å². The van der Waals surface area contributed by atoms with E-state index in [4.69, 9.17) is 5.73 Å². The number of nitrogens with zero attached hydrogens (tertiary/aromatic N) is 2. The number of carbonyl (C=O) groups excluding carboxylic acids is 1. The molecule has 0 spiro atoms. The van der Waals surface area contributed by atoms with E-state index in [1.807, 2.05) is 26.4 Å². The Hall–Kier alpha value is -1.36. The summed E-state index contributed by atoms with van der Waals surface area (Å²) in [5, 5.41) is 2.92. The van der Waals surface area contributed by atoms with Crippen LogP contribution in [0.2, 0.25) is 0 Å². The molecule has 1 heterocycles. The van der Waals surface area contributed by atoms with Gasteiger partial charge in [-0.3, -0.25) is 4.79 Å². The minimum absolute atomic E-state index is 0.0380. The van der Waals surface area contributed by atoms with E-state index in [9.17, 15) is 4.79 Å². The van der Waals surface area contributed by atoms with Crippen molar-refractivity contribution in [3.05, 3.63) is 18.2 Å². The van der Waals surface area contributed by atoms with Gasteiger partial charge in [-0.25, -0.2) is 4.98 Å². The average Bonchev–Trinajstić information content (AvgIpc) is 3.05. The van der Waals surface area contributed by atoms with Crippen molar-refractivity contribution in [1.29, 1.82) is 0 Å². The first-order valence-corrected chi connectivity index (χ1v) is 6.63. The lowest BCUT2D eigenvalue weighted by Crippen LogP contribution is -2.40. The van der Waals surface area contributed by atoms with E-state index in [2.05, 4.69) is 14.9 Å². The van der Waals surface area contributed by atoms with Crippen LogP contribution in [0.25, 0.3) is 0 Å². The molecule has 1 saturated carbocycles. The maximum Gasteiger partial charge on any atom is 0.224 e. The van der Waals surface area contributed by atoms with Crippen molar-refractivity contribution in [1.82, 2.24) is 14.9 Å². The van der Waals surface area contributed by atoms with E-state index in [1.165, 1.54) is 12.8 Å². The summed E-state index contributed by atoms with van der Waals surface area (Å²) in [6, 6.07) is 0.744. The third-order valence-electron chi connectivity index (χ3n) is 3.23. The first-order chi connectivity index (χ1) is 8.61. The number of nitrogens with one attached hydrogen (secondary N) is 1. The summed E-state index contributed by atoms with van der Waals surface area (Å²) in [5.41, 5.74) is 6.83. The summed E-state index contributed by atoms with van der Waals surface area (Å²) in [4.78, 5) is 16.2. The van der Waals surface area contributed by atoms with Gasteiger partial charge in [0, 0.05) is 36.9 Å². The number of aromatic nitrogens is 2. The van der Waals surface area contributed by atoms with Gasteiger partial charge in [0.25, 0.3) is 0 Å². The summed E-state index contributed by atoms with van der Waals surface area (Å²) in [6.07, 6.45) is 6.82. The topological polar surface area (TPSA) is 72.9 Å². The molecule has 1 aliphatic rings. The second kappa shape index (κ2) is 5.52. The van der Waals surface area contributed by atoms with Crippen LogP contribution in [0, 0.1) is 5.92 Å². The summed E-state index contributed by atoms with van der Waals surface area (Å²) in [7, 11) is 0. The molecular formula is C13H22N4O. The van der Waals surface area contributed by atoms with Crippen LogP contribution in [-0.4, -0.2) is 28.0 Å². The van der Waals surface area contributed by atoms with Crippen LogP contribution >= 0.6 is 0 Å². The number of hydrogen-bond acceptors (Lipinski definition) is 3. The maximum atomic E-state index is 12.0. The molecule has 1 unspecified atom stereocenters. The van der Waals surface area contributed by atoms with Gasteiger partial charge in [0.2, 0.25) is 5.91 Å². The first-order valence-electron chi connectivity index (χ1n) is 6.63. The zero-order valence-electron chi connectivity index (χ0n) is 11.1. The van der Waals surface area contributed by atoms with Crippen LogP contribution in [0.4, 0.5) is 0 Å². The predicted octanol–water partition coefficient (Wildman–Crippen LogP) is 0.860. The standard InChI is InChI=1S/C13H22N4O/c1-9(2)16-13(18)10(6-14)5-12-7-15-8-17(12)11-3-4-11/h7-11H,3-6,14H2,1-2H3,(H,16,18). The number of rotatable bonds is 6. The highest BCUT2D eigenvalue weighted by atomic mass is 16.1. The molecule has 2 rings (SSSR count). The van der Waals surface area contributed by atoms with Crippen molar-refractivity contribution >= 4 is 5.91 Å². The van der Waals surface area contributed by atoms with Gasteiger partial charge in [0.15, 0.2) is 0 Å². The Morgan fingerprint density at radius 1 is 1.61 bits per heavy atom. The molecule has 1 fully saturated rings. The minimum atomic E-state index is -0.165. The lowest BCUT2D eigenvalue weighted by molar-refractivity contribution is -0.125. The highest BCUT2D eigenvalue weighted by Gasteiger charge is 2.27. The third kappa shape index (κ3) is 3.10. The molecular weight excluding hydrogens is 228 g/mol. The fourth-order valence-electron chi connectivity index (χ4n) is 2.11. The molecule has 100 valence electrons. The quantitative estimate of drug-likeness (QED) is 0.786. The molecule has 0 aliphatic heterocycles. The third-order valence-corrected chi connectivity index (χ3v) is 3.23. The van der Waals surface area contributed by atoms with Crippen LogP contribution in [-0.2, 0) is 11.2 Å². The molecule has 1 amide bonds. The molecule has 1 aliphatic carbocycles. The van der Waals surface area contributed by atoms with Crippen molar-refractivity contribution < 1.29 is 4.79 Å². The van der Waals surface area contributed by atoms with Gasteiger partial charge in [-0.15, -0.1) is 0 Å². The smallest absolute Gasteiger partial charge is 0.224 e. The maximum absolute atomic E-state index is 12.0. The van der Waals surface area contributed by atoms with Gasteiger partial charge in [-0.05, 0) is 26.7 Å². The summed E-state index contributed by atoms with van der Waals surface area (Å²) < 4.78 is 2.19. The normalized spacial score (nSPS) is 16.9. The van der Waals surface area contributed by atoms with Crippen molar-refractivity contribution in [3.8, 4) is 0 Å².